The van der Waals surface area contributed by atoms with E-state index in [9.17, 15) is 14.0 Å². The first-order valence-corrected chi connectivity index (χ1v) is 8.69. The number of hydrogen-bond donors (Lipinski definition) is 0. The largest absolute Gasteiger partial charge is 0.348 e. The molecule has 0 aliphatic rings. The van der Waals surface area contributed by atoms with Crippen molar-refractivity contribution in [1.82, 2.24) is 24.2 Å². The Morgan fingerprint density at radius 1 is 1.17 bits per heavy atom. The molecule has 7 nitrogen and oxygen atoms in total. The summed E-state index contributed by atoms with van der Waals surface area (Å²) >= 11 is 0. The Morgan fingerprint density at radius 3 is 2.52 bits per heavy atom. The van der Waals surface area contributed by atoms with Gasteiger partial charge in [0.05, 0.1) is 23.3 Å². The maximum atomic E-state index is 13.8. The standard InChI is InChI=1S/C20H18FN5O2.ClH/c1-24(2)17(27)11-15-18-14-5-4-12(21)10-16(14)25(3)19(18)20(28)26(23-15)13-6-8-22-9-7-13;/h4-10H,11H2,1-3H3;1H. The van der Waals surface area contributed by atoms with E-state index in [1.807, 2.05) is 0 Å². The van der Waals surface area contributed by atoms with Gasteiger partial charge >= 0.3 is 0 Å². The van der Waals surface area contributed by atoms with Gasteiger partial charge in [0.25, 0.3) is 5.56 Å². The molecule has 9 heteroatoms. The van der Waals surface area contributed by atoms with Crippen molar-refractivity contribution in [1.29, 1.82) is 0 Å². The number of nitrogens with zero attached hydrogens (tertiary/aromatic N) is 5. The molecule has 1 amide bonds. The van der Waals surface area contributed by atoms with Crippen LogP contribution >= 0.6 is 12.4 Å². The SMILES string of the molecule is CN(C)C(=O)Cc1nn(-c2ccncc2)c(=O)c2c1c1ccc(F)cc1n2C.Cl. The highest BCUT2D eigenvalue weighted by Gasteiger charge is 2.21. The summed E-state index contributed by atoms with van der Waals surface area (Å²) in [4.78, 5) is 31.1. The molecule has 0 bridgehead atoms. The highest BCUT2D eigenvalue weighted by molar-refractivity contribution is 6.09. The van der Waals surface area contributed by atoms with E-state index in [4.69, 9.17) is 0 Å². The molecule has 29 heavy (non-hydrogen) atoms. The molecule has 0 aliphatic carbocycles. The number of halogens is 2. The number of likely N-dealkylation sites (N-methyl/N-ethyl adjacent to an activating group) is 1. The summed E-state index contributed by atoms with van der Waals surface area (Å²) in [6, 6.07) is 7.67. The number of benzene rings is 1. The van der Waals surface area contributed by atoms with Gasteiger partial charge in [0, 0.05) is 44.3 Å². The molecule has 0 aliphatic heterocycles. The Morgan fingerprint density at radius 2 is 1.86 bits per heavy atom. The third-order valence-electron chi connectivity index (χ3n) is 4.79. The van der Waals surface area contributed by atoms with Crippen molar-refractivity contribution in [3.63, 3.8) is 0 Å². The summed E-state index contributed by atoms with van der Waals surface area (Å²) < 4.78 is 16.7. The average molecular weight is 416 g/mol. The summed E-state index contributed by atoms with van der Waals surface area (Å²) in [5.41, 5.74) is 1.59. The Labute approximate surface area is 171 Å². The second kappa shape index (κ2) is 7.63. The van der Waals surface area contributed by atoms with Crippen LogP contribution in [0.1, 0.15) is 5.69 Å². The zero-order valence-electron chi connectivity index (χ0n) is 16.1. The highest BCUT2D eigenvalue weighted by Crippen LogP contribution is 2.29. The number of hydrogen-bond acceptors (Lipinski definition) is 4. The second-order valence-corrected chi connectivity index (χ2v) is 6.78. The molecule has 150 valence electrons. The molecule has 3 aromatic heterocycles. The first-order valence-electron chi connectivity index (χ1n) is 8.69. The first kappa shape index (κ1) is 20.5. The van der Waals surface area contributed by atoms with Crippen LogP contribution in [-0.4, -0.2) is 44.2 Å². The summed E-state index contributed by atoms with van der Waals surface area (Å²) in [5.74, 6) is -0.542. The van der Waals surface area contributed by atoms with Gasteiger partial charge in [0.15, 0.2) is 0 Å². The van der Waals surface area contributed by atoms with Crippen LogP contribution in [0, 0.1) is 5.82 Å². The normalized spacial score (nSPS) is 10.9. The Hall–Kier alpha value is -3.26. The summed E-state index contributed by atoms with van der Waals surface area (Å²) in [6.45, 7) is 0. The molecule has 0 saturated heterocycles. The fourth-order valence-electron chi connectivity index (χ4n) is 3.35. The monoisotopic (exact) mass is 415 g/mol. The lowest BCUT2D eigenvalue weighted by Crippen LogP contribution is -2.28. The number of fused-ring (bicyclic) bond motifs is 3. The van der Waals surface area contributed by atoms with Crippen molar-refractivity contribution in [2.45, 2.75) is 6.42 Å². The van der Waals surface area contributed by atoms with Crippen molar-refractivity contribution in [2.75, 3.05) is 14.1 Å². The van der Waals surface area contributed by atoms with Gasteiger partial charge < -0.3 is 9.47 Å². The fourth-order valence-corrected chi connectivity index (χ4v) is 3.35. The molecule has 0 spiro atoms. The molecule has 0 radical (unpaired) electrons. The molecule has 1 aromatic carbocycles. The van der Waals surface area contributed by atoms with Crippen LogP contribution in [0.2, 0.25) is 0 Å². The Bertz CT molecular complexity index is 1280. The molecular weight excluding hydrogens is 397 g/mol. The predicted octanol–water partition coefficient (Wildman–Crippen LogP) is 2.46. The van der Waals surface area contributed by atoms with Crippen LogP contribution in [0.4, 0.5) is 4.39 Å². The number of carbonyl (C=O) groups excluding carboxylic acids is 1. The molecule has 4 aromatic rings. The number of rotatable bonds is 3. The summed E-state index contributed by atoms with van der Waals surface area (Å²) in [6.07, 6.45) is 3.15. The minimum absolute atomic E-state index is 0. The van der Waals surface area contributed by atoms with Crippen molar-refractivity contribution < 1.29 is 9.18 Å². The summed E-state index contributed by atoms with van der Waals surface area (Å²) in [5, 5.41) is 5.76. The van der Waals surface area contributed by atoms with Crippen LogP contribution in [0.25, 0.3) is 27.5 Å². The first-order chi connectivity index (χ1) is 13.4. The zero-order valence-corrected chi connectivity index (χ0v) is 16.9. The number of pyridine rings is 1. The molecule has 3 heterocycles. The minimum atomic E-state index is -0.397. The van der Waals surface area contributed by atoms with Crippen LogP contribution in [-0.2, 0) is 18.3 Å². The smallest absolute Gasteiger partial charge is 0.296 e. The zero-order chi connectivity index (χ0) is 20.0. The van der Waals surface area contributed by atoms with E-state index in [1.165, 1.54) is 21.7 Å². The third-order valence-corrected chi connectivity index (χ3v) is 4.79. The van der Waals surface area contributed by atoms with Crippen molar-refractivity contribution in [2.24, 2.45) is 7.05 Å². The Balaban J connectivity index is 0.00000240. The summed E-state index contributed by atoms with van der Waals surface area (Å²) in [7, 11) is 5.04. The maximum absolute atomic E-state index is 13.8. The van der Waals surface area contributed by atoms with E-state index in [0.29, 0.717) is 33.2 Å². The van der Waals surface area contributed by atoms with Gasteiger partial charge in [-0.05, 0) is 30.3 Å². The van der Waals surface area contributed by atoms with Crippen LogP contribution in [0.15, 0.2) is 47.5 Å². The van der Waals surface area contributed by atoms with Gasteiger partial charge in [0.2, 0.25) is 5.91 Å². The van der Waals surface area contributed by atoms with Crippen LogP contribution in [0.3, 0.4) is 0 Å². The molecular formula is C20H19ClFN5O2. The number of amides is 1. The van der Waals surface area contributed by atoms with Gasteiger partial charge in [-0.1, -0.05) is 0 Å². The predicted molar refractivity (Wildman–Crippen MR) is 111 cm³/mol. The lowest BCUT2D eigenvalue weighted by atomic mass is 10.1. The quantitative estimate of drug-likeness (QED) is 0.515. The van der Waals surface area contributed by atoms with Crippen LogP contribution < -0.4 is 5.56 Å². The van der Waals surface area contributed by atoms with E-state index in [1.54, 1.807) is 56.3 Å². The highest BCUT2D eigenvalue weighted by atomic mass is 35.5. The molecule has 0 fully saturated rings. The minimum Gasteiger partial charge on any atom is -0.348 e. The lowest BCUT2D eigenvalue weighted by Gasteiger charge is -2.12. The van der Waals surface area contributed by atoms with E-state index < -0.39 is 5.82 Å². The van der Waals surface area contributed by atoms with Gasteiger partial charge in [-0.25, -0.2) is 4.39 Å². The van der Waals surface area contributed by atoms with Gasteiger partial charge in [-0.15, -0.1) is 12.4 Å². The van der Waals surface area contributed by atoms with E-state index >= 15 is 0 Å². The van der Waals surface area contributed by atoms with Crippen molar-refractivity contribution in [3.8, 4) is 5.69 Å². The topological polar surface area (TPSA) is 73.0 Å². The van der Waals surface area contributed by atoms with Crippen molar-refractivity contribution >= 4 is 40.1 Å². The van der Waals surface area contributed by atoms with Crippen LogP contribution in [0.5, 0.6) is 0 Å². The third kappa shape index (κ3) is 3.36. The molecule has 0 N–H and O–H groups in total. The lowest BCUT2D eigenvalue weighted by molar-refractivity contribution is -0.128. The van der Waals surface area contributed by atoms with Gasteiger partial charge in [-0.3, -0.25) is 14.6 Å². The van der Waals surface area contributed by atoms with E-state index in [2.05, 4.69) is 10.1 Å². The number of carbonyl (C=O) groups is 1. The second-order valence-electron chi connectivity index (χ2n) is 6.78. The Kier molecular flexibility index (Phi) is 5.39. The molecule has 4 rings (SSSR count). The fraction of sp³-hybridized carbons (Fsp3) is 0.200. The number of aryl methyl sites for hydroxylation is 1. The van der Waals surface area contributed by atoms with Gasteiger partial charge in [-0.2, -0.15) is 9.78 Å². The van der Waals surface area contributed by atoms with Gasteiger partial charge in [0.1, 0.15) is 11.3 Å². The molecule has 0 unspecified atom stereocenters. The van der Waals surface area contributed by atoms with Crippen molar-refractivity contribution in [3.05, 3.63) is 64.6 Å². The maximum Gasteiger partial charge on any atom is 0.296 e. The molecule has 0 saturated carbocycles. The van der Waals surface area contributed by atoms with E-state index in [-0.39, 0.29) is 30.3 Å². The molecule has 0 atom stereocenters. The van der Waals surface area contributed by atoms with E-state index in [0.717, 1.165) is 0 Å². The number of aromatic nitrogens is 4. The average Bonchev–Trinajstić information content (AvgIpc) is 2.97.